The van der Waals surface area contributed by atoms with Gasteiger partial charge in [0.15, 0.2) is 0 Å². The molecule has 3 rings (SSSR count). The molecular weight excluding hydrogens is 299 g/mol. The summed E-state index contributed by atoms with van der Waals surface area (Å²) in [6.45, 7) is 5.14. The monoisotopic (exact) mass is 324 g/mol. The zero-order chi connectivity index (χ0) is 17.1. The van der Waals surface area contributed by atoms with Crippen molar-refractivity contribution in [2.24, 2.45) is 4.99 Å². The third kappa shape index (κ3) is 3.84. The largest absolute Gasteiger partial charge is 0.366 e. The second-order valence-electron chi connectivity index (χ2n) is 6.70. The van der Waals surface area contributed by atoms with Crippen molar-refractivity contribution >= 4 is 12.0 Å². The average Bonchev–Trinajstić information content (AvgIpc) is 3.41. The molecule has 1 saturated carbocycles. The van der Waals surface area contributed by atoms with Gasteiger partial charge in [0.1, 0.15) is 5.82 Å². The summed E-state index contributed by atoms with van der Waals surface area (Å²) in [7, 11) is 2.03. The number of halogens is 1. The molecule has 24 heavy (non-hydrogen) atoms. The fourth-order valence-corrected chi connectivity index (χ4v) is 2.87. The van der Waals surface area contributed by atoms with E-state index in [2.05, 4.69) is 30.9 Å². The molecule has 0 unspecified atom stereocenters. The lowest BCUT2D eigenvalue weighted by atomic mass is 9.95. The van der Waals surface area contributed by atoms with Crippen LogP contribution in [0.15, 0.2) is 41.4 Å². The van der Waals surface area contributed by atoms with Gasteiger partial charge < -0.3 is 4.90 Å². The molecule has 0 atom stereocenters. The van der Waals surface area contributed by atoms with Crippen molar-refractivity contribution in [1.82, 2.24) is 4.90 Å². The molecule has 2 aromatic carbocycles. The number of benzene rings is 2. The van der Waals surface area contributed by atoms with Crippen LogP contribution in [0.3, 0.4) is 0 Å². The van der Waals surface area contributed by atoms with E-state index in [1.807, 2.05) is 25.5 Å². The summed E-state index contributed by atoms with van der Waals surface area (Å²) in [6, 6.07) is 11.4. The van der Waals surface area contributed by atoms with Crippen LogP contribution in [-0.2, 0) is 6.42 Å². The number of nitrogens with zero attached hydrogens (tertiary/aromatic N) is 2. The van der Waals surface area contributed by atoms with Gasteiger partial charge in [-0.3, -0.25) is 0 Å². The maximum Gasteiger partial charge on any atom is 0.126 e. The standard InChI is InChI=1S/C21H25FN2/c1-4-24(3)14-23-21-11-15(2)18(13-19(21)16-9-10-16)12-17-7-5-6-8-20(17)22/h5-8,11,13-14,16H,4,9-10,12H2,1-3H3. The lowest BCUT2D eigenvalue weighted by Crippen LogP contribution is -2.14. The van der Waals surface area contributed by atoms with E-state index in [1.54, 1.807) is 6.07 Å². The Labute approximate surface area is 144 Å². The van der Waals surface area contributed by atoms with E-state index in [0.717, 1.165) is 17.8 Å². The van der Waals surface area contributed by atoms with Crippen molar-refractivity contribution in [3.05, 3.63) is 64.5 Å². The van der Waals surface area contributed by atoms with Crippen LogP contribution >= 0.6 is 0 Å². The minimum absolute atomic E-state index is 0.128. The molecule has 1 aliphatic rings. The Balaban J connectivity index is 1.93. The Kier molecular flexibility index (Phi) is 4.98. The van der Waals surface area contributed by atoms with Crippen molar-refractivity contribution in [2.75, 3.05) is 13.6 Å². The third-order valence-electron chi connectivity index (χ3n) is 4.73. The maximum absolute atomic E-state index is 14.0. The van der Waals surface area contributed by atoms with Crippen LogP contribution in [0.2, 0.25) is 0 Å². The lowest BCUT2D eigenvalue weighted by Gasteiger charge is -2.14. The highest BCUT2D eigenvalue weighted by atomic mass is 19.1. The van der Waals surface area contributed by atoms with E-state index < -0.39 is 0 Å². The molecule has 2 aromatic rings. The first-order valence-corrected chi connectivity index (χ1v) is 8.69. The van der Waals surface area contributed by atoms with Crippen molar-refractivity contribution < 1.29 is 4.39 Å². The van der Waals surface area contributed by atoms with Gasteiger partial charge in [-0.05, 0) is 67.0 Å². The lowest BCUT2D eigenvalue weighted by molar-refractivity contribution is 0.552. The van der Waals surface area contributed by atoms with E-state index in [1.165, 1.54) is 35.6 Å². The quantitative estimate of drug-likeness (QED) is 0.526. The van der Waals surface area contributed by atoms with E-state index in [-0.39, 0.29) is 5.82 Å². The summed E-state index contributed by atoms with van der Waals surface area (Å²) in [6.07, 6.45) is 5.00. The predicted molar refractivity (Wildman–Crippen MR) is 98.8 cm³/mol. The van der Waals surface area contributed by atoms with Crippen LogP contribution < -0.4 is 0 Å². The minimum Gasteiger partial charge on any atom is -0.366 e. The van der Waals surface area contributed by atoms with Gasteiger partial charge in [-0.25, -0.2) is 9.38 Å². The first-order valence-electron chi connectivity index (χ1n) is 8.69. The molecule has 0 heterocycles. The van der Waals surface area contributed by atoms with E-state index in [4.69, 9.17) is 4.99 Å². The molecule has 3 heteroatoms. The highest BCUT2D eigenvalue weighted by molar-refractivity contribution is 5.65. The van der Waals surface area contributed by atoms with E-state index in [9.17, 15) is 4.39 Å². The number of rotatable bonds is 6. The normalized spacial score (nSPS) is 14.3. The molecular formula is C21H25FN2. The Morgan fingerprint density at radius 2 is 1.96 bits per heavy atom. The van der Waals surface area contributed by atoms with Crippen molar-refractivity contribution in [2.45, 2.75) is 39.0 Å². The van der Waals surface area contributed by atoms with Gasteiger partial charge in [-0.2, -0.15) is 0 Å². The zero-order valence-electron chi connectivity index (χ0n) is 14.7. The summed E-state index contributed by atoms with van der Waals surface area (Å²) in [5.74, 6) is 0.487. The van der Waals surface area contributed by atoms with Crippen LogP contribution in [-0.4, -0.2) is 24.8 Å². The van der Waals surface area contributed by atoms with Crippen LogP contribution in [0.5, 0.6) is 0 Å². The van der Waals surface area contributed by atoms with Gasteiger partial charge >= 0.3 is 0 Å². The average molecular weight is 324 g/mol. The van der Waals surface area contributed by atoms with Gasteiger partial charge in [0.25, 0.3) is 0 Å². The molecule has 0 N–H and O–H groups in total. The molecule has 2 nitrogen and oxygen atoms in total. The molecule has 0 spiro atoms. The summed E-state index contributed by atoms with van der Waals surface area (Å²) >= 11 is 0. The highest BCUT2D eigenvalue weighted by Crippen LogP contribution is 2.45. The van der Waals surface area contributed by atoms with Crippen LogP contribution in [0.1, 0.15) is 47.9 Å². The Bertz CT molecular complexity index is 747. The Morgan fingerprint density at radius 1 is 1.21 bits per heavy atom. The second kappa shape index (κ2) is 7.16. The van der Waals surface area contributed by atoms with Crippen LogP contribution in [0, 0.1) is 12.7 Å². The summed E-state index contributed by atoms with van der Waals surface area (Å²) < 4.78 is 14.0. The number of hydrogen-bond donors (Lipinski definition) is 0. The van der Waals surface area contributed by atoms with Crippen molar-refractivity contribution in [3.63, 3.8) is 0 Å². The van der Waals surface area contributed by atoms with Crippen molar-refractivity contribution in [3.8, 4) is 0 Å². The van der Waals surface area contributed by atoms with Crippen molar-refractivity contribution in [1.29, 1.82) is 0 Å². The predicted octanol–water partition coefficient (Wildman–Crippen LogP) is 5.21. The first-order chi connectivity index (χ1) is 11.6. The van der Waals surface area contributed by atoms with E-state index in [0.29, 0.717) is 12.3 Å². The molecule has 0 radical (unpaired) electrons. The van der Waals surface area contributed by atoms with Crippen LogP contribution in [0.25, 0.3) is 0 Å². The maximum atomic E-state index is 14.0. The molecule has 0 aromatic heterocycles. The molecule has 0 bridgehead atoms. The number of aryl methyl sites for hydroxylation is 1. The molecule has 1 aliphatic carbocycles. The Hall–Kier alpha value is -2.16. The smallest absolute Gasteiger partial charge is 0.126 e. The zero-order valence-corrected chi connectivity index (χ0v) is 14.7. The molecule has 0 amide bonds. The summed E-state index contributed by atoms with van der Waals surface area (Å²) in [4.78, 5) is 6.76. The number of hydrogen-bond acceptors (Lipinski definition) is 1. The number of aliphatic imine (C=N–C) groups is 1. The van der Waals surface area contributed by atoms with E-state index >= 15 is 0 Å². The Morgan fingerprint density at radius 3 is 2.62 bits per heavy atom. The fourth-order valence-electron chi connectivity index (χ4n) is 2.87. The molecule has 1 fully saturated rings. The highest BCUT2D eigenvalue weighted by Gasteiger charge is 2.27. The van der Waals surface area contributed by atoms with Gasteiger partial charge in [0.05, 0.1) is 12.0 Å². The summed E-state index contributed by atoms with van der Waals surface area (Å²) in [5.41, 5.74) is 5.50. The molecule has 0 aliphatic heterocycles. The third-order valence-corrected chi connectivity index (χ3v) is 4.73. The van der Waals surface area contributed by atoms with Gasteiger partial charge in [-0.15, -0.1) is 0 Å². The van der Waals surface area contributed by atoms with Gasteiger partial charge in [-0.1, -0.05) is 24.3 Å². The van der Waals surface area contributed by atoms with Gasteiger partial charge in [0.2, 0.25) is 0 Å². The summed E-state index contributed by atoms with van der Waals surface area (Å²) in [5, 5.41) is 0. The first kappa shape index (κ1) is 16.7. The van der Waals surface area contributed by atoms with Gasteiger partial charge in [0, 0.05) is 20.0 Å². The fraction of sp³-hybridized carbons (Fsp3) is 0.381. The molecule has 126 valence electrons. The topological polar surface area (TPSA) is 15.6 Å². The van der Waals surface area contributed by atoms with Crippen LogP contribution in [0.4, 0.5) is 10.1 Å². The SMILES string of the molecule is CCN(C)C=Nc1cc(C)c(Cc2ccccc2F)cc1C1CC1. The second-order valence-corrected chi connectivity index (χ2v) is 6.70. The molecule has 0 saturated heterocycles. The minimum atomic E-state index is -0.128.